The maximum Gasteiger partial charge on any atom is 0.416 e. The minimum absolute atomic E-state index is 0.292. The van der Waals surface area contributed by atoms with Gasteiger partial charge in [0.1, 0.15) is 11.4 Å². The highest BCUT2D eigenvalue weighted by Gasteiger charge is 2.28. The number of fused-ring (bicyclic) bond motifs is 1. The molecule has 0 aromatic carbocycles. The van der Waals surface area contributed by atoms with Gasteiger partial charge in [-0.1, -0.05) is 18.2 Å². The SMILES string of the molecule is CC(C)(C)OC(=O)N1CCCc2ccc(CCN3CC=CCC3)nc21. The summed E-state index contributed by atoms with van der Waals surface area (Å²) in [6, 6.07) is 4.24. The van der Waals surface area contributed by atoms with Gasteiger partial charge in [0.25, 0.3) is 0 Å². The molecule has 1 aromatic rings. The Bertz CT molecular complexity index is 649. The van der Waals surface area contributed by atoms with Gasteiger partial charge in [0.2, 0.25) is 0 Å². The Morgan fingerprint density at radius 3 is 2.80 bits per heavy atom. The maximum absolute atomic E-state index is 12.5. The normalized spacial score (nSPS) is 18.1. The van der Waals surface area contributed by atoms with Crippen molar-refractivity contribution in [1.29, 1.82) is 0 Å². The molecule has 0 atom stereocenters. The third-order valence-electron chi connectivity index (χ3n) is 4.54. The predicted octanol–water partition coefficient (Wildman–Crippen LogP) is 3.57. The summed E-state index contributed by atoms with van der Waals surface area (Å²) in [5, 5.41) is 0. The molecule has 0 saturated carbocycles. The molecule has 5 nitrogen and oxygen atoms in total. The standard InChI is InChI=1S/C20H29N3O2/c1-20(2,3)25-19(24)23-14-7-8-16-9-10-17(21-18(16)23)11-15-22-12-5-4-6-13-22/h4-5,9-10H,6-8,11-15H2,1-3H3. The van der Waals surface area contributed by atoms with E-state index in [0.29, 0.717) is 6.54 Å². The van der Waals surface area contributed by atoms with Crippen molar-refractivity contribution in [3.63, 3.8) is 0 Å². The van der Waals surface area contributed by atoms with E-state index in [4.69, 9.17) is 9.72 Å². The molecule has 3 heterocycles. The van der Waals surface area contributed by atoms with Crippen LogP contribution < -0.4 is 4.90 Å². The molecule has 0 N–H and O–H groups in total. The molecule has 0 radical (unpaired) electrons. The molecule has 1 amide bonds. The van der Waals surface area contributed by atoms with Crippen LogP contribution in [0, 0.1) is 0 Å². The van der Waals surface area contributed by atoms with Crippen LogP contribution in [-0.4, -0.2) is 47.8 Å². The minimum atomic E-state index is -0.492. The van der Waals surface area contributed by atoms with Crippen LogP contribution in [0.4, 0.5) is 10.6 Å². The molecule has 2 aliphatic rings. The number of hydrogen-bond acceptors (Lipinski definition) is 4. The first-order valence-corrected chi connectivity index (χ1v) is 9.29. The van der Waals surface area contributed by atoms with Crippen molar-refractivity contribution in [2.45, 2.75) is 52.1 Å². The number of aryl methyl sites for hydroxylation is 1. The number of rotatable bonds is 3. The zero-order valence-corrected chi connectivity index (χ0v) is 15.6. The molecule has 2 aliphatic heterocycles. The first-order chi connectivity index (χ1) is 11.9. The molecule has 0 unspecified atom stereocenters. The molecule has 0 saturated heterocycles. The molecular formula is C20H29N3O2. The lowest BCUT2D eigenvalue weighted by molar-refractivity contribution is 0.0576. The van der Waals surface area contributed by atoms with Crippen LogP contribution in [0.1, 0.15) is 44.9 Å². The van der Waals surface area contributed by atoms with Gasteiger partial charge in [0.05, 0.1) is 0 Å². The molecule has 0 aliphatic carbocycles. The van der Waals surface area contributed by atoms with Crippen LogP contribution >= 0.6 is 0 Å². The highest BCUT2D eigenvalue weighted by Crippen LogP contribution is 2.27. The van der Waals surface area contributed by atoms with Crippen molar-refractivity contribution in [2.75, 3.05) is 31.1 Å². The van der Waals surface area contributed by atoms with E-state index in [1.165, 1.54) is 0 Å². The van der Waals surface area contributed by atoms with Crippen LogP contribution in [0.15, 0.2) is 24.3 Å². The molecule has 3 rings (SSSR count). The van der Waals surface area contributed by atoms with E-state index >= 15 is 0 Å². The molecular weight excluding hydrogens is 314 g/mol. The fraction of sp³-hybridized carbons (Fsp3) is 0.600. The Hall–Kier alpha value is -1.88. The Kier molecular flexibility index (Phi) is 5.42. The average molecular weight is 343 g/mol. The topological polar surface area (TPSA) is 45.7 Å². The number of ether oxygens (including phenoxy) is 1. The third-order valence-corrected chi connectivity index (χ3v) is 4.54. The number of pyridine rings is 1. The van der Waals surface area contributed by atoms with E-state index in [0.717, 1.165) is 62.4 Å². The van der Waals surface area contributed by atoms with Crippen LogP contribution in [0.5, 0.6) is 0 Å². The van der Waals surface area contributed by atoms with Crippen LogP contribution in [0.3, 0.4) is 0 Å². The van der Waals surface area contributed by atoms with Gasteiger partial charge in [0.15, 0.2) is 0 Å². The molecule has 136 valence electrons. The second-order valence-corrected chi connectivity index (χ2v) is 7.83. The lowest BCUT2D eigenvalue weighted by Gasteiger charge is -2.31. The first-order valence-electron chi connectivity index (χ1n) is 9.29. The quantitative estimate of drug-likeness (QED) is 0.787. The maximum atomic E-state index is 12.5. The van der Waals surface area contributed by atoms with Crippen molar-refractivity contribution < 1.29 is 9.53 Å². The Labute approximate surface area is 150 Å². The van der Waals surface area contributed by atoms with Gasteiger partial charge in [-0.25, -0.2) is 9.78 Å². The zero-order valence-electron chi connectivity index (χ0n) is 15.6. The molecule has 25 heavy (non-hydrogen) atoms. The number of nitrogens with zero attached hydrogens (tertiary/aromatic N) is 3. The van der Waals surface area contributed by atoms with Crippen molar-refractivity contribution >= 4 is 11.9 Å². The molecule has 5 heteroatoms. The summed E-state index contributed by atoms with van der Waals surface area (Å²) >= 11 is 0. The average Bonchev–Trinajstić information content (AvgIpc) is 2.58. The van der Waals surface area contributed by atoms with E-state index in [2.05, 4.69) is 29.2 Å². The van der Waals surface area contributed by atoms with Crippen molar-refractivity contribution in [1.82, 2.24) is 9.88 Å². The number of carbonyl (C=O) groups is 1. The lowest BCUT2D eigenvalue weighted by Crippen LogP contribution is -2.40. The second-order valence-electron chi connectivity index (χ2n) is 7.83. The van der Waals surface area contributed by atoms with Crippen LogP contribution in [0.2, 0.25) is 0 Å². The monoisotopic (exact) mass is 343 g/mol. The lowest BCUT2D eigenvalue weighted by atomic mass is 10.0. The van der Waals surface area contributed by atoms with Crippen molar-refractivity contribution in [3.8, 4) is 0 Å². The number of aromatic nitrogens is 1. The summed E-state index contributed by atoms with van der Waals surface area (Å²) in [4.78, 5) is 21.5. The van der Waals surface area contributed by atoms with E-state index in [9.17, 15) is 4.79 Å². The third kappa shape index (κ3) is 4.82. The number of carbonyl (C=O) groups excluding carboxylic acids is 1. The molecule has 1 aromatic heterocycles. The van der Waals surface area contributed by atoms with Crippen LogP contribution in [0.25, 0.3) is 0 Å². The predicted molar refractivity (Wildman–Crippen MR) is 100 cm³/mol. The Morgan fingerprint density at radius 1 is 1.24 bits per heavy atom. The van der Waals surface area contributed by atoms with E-state index in [1.54, 1.807) is 4.90 Å². The molecule has 0 spiro atoms. The fourth-order valence-electron chi connectivity index (χ4n) is 3.28. The summed E-state index contributed by atoms with van der Waals surface area (Å²) in [5.41, 5.74) is 1.69. The summed E-state index contributed by atoms with van der Waals surface area (Å²) in [6.45, 7) is 9.50. The van der Waals surface area contributed by atoms with Gasteiger partial charge in [-0.15, -0.1) is 0 Å². The number of hydrogen-bond donors (Lipinski definition) is 0. The van der Waals surface area contributed by atoms with Crippen LogP contribution in [-0.2, 0) is 17.6 Å². The van der Waals surface area contributed by atoms with Gasteiger partial charge in [-0.05, 0) is 51.7 Å². The van der Waals surface area contributed by atoms with Gasteiger partial charge >= 0.3 is 6.09 Å². The fourth-order valence-corrected chi connectivity index (χ4v) is 3.28. The summed E-state index contributed by atoms with van der Waals surface area (Å²) in [5.74, 6) is 0.788. The smallest absolute Gasteiger partial charge is 0.416 e. The van der Waals surface area contributed by atoms with Gasteiger partial charge < -0.3 is 4.74 Å². The highest BCUT2D eigenvalue weighted by atomic mass is 16.6. The number of amides is 1. The second kappa shape index (κ2) is 7.56. The first kappa shape index (κ1) is 17.9. The van der Waals surface area contributed by atoms with E-state index in [1.807, 2.05) is 20.8 Å². The molecule has 0 fully saturated rings. The largest absolute Gasteiger partial charge is 0.443 e. The summed E-state index contributed by atoms with van der Waals surface area (Å²) in [6.07, 6.45) is 8.14. The van der Waals surface area contributed by atoms with Crippen molar-refractivity contribution in [2.24, 2.45) is 0 Å². The Balaban J connectivity index is 1.71. The number of anilines is 1. The van der Waals surface area contributed by atoms with Gasteiger partial charge in [-0.2, -0.15) is 0 Å². The molecule has 0 bridgehead atoms. The van der Waals surface area contributed by atoms with Crippen molar-refractivity contribution in [3.05, 3.63) is 35.5 Å². The van der Waals surface area contributed by atoms with Gasteiger partial charge in [-0.3, -0.25) is 9.80 Å². The summed E-state index contributed by atoms with van der Waals surface area (Å²) in [7, 11) is 0. The minimum Gasteiger partial charge on any atom is -0.443 e. The summed E-state index contributed by atoms with van der Waals surface area (Å²) < 4.78 is 5.56. The van der Waals surface area contributed by atoms with Gasteiger partial charge in [0, 0.05) is 38.3 Å². The zero-order chi connectivity index (χ0) is 17.9. The van der Waals surface area contributed by atoms with E-state index in [-0.39, 0.29) is 6.09 Å². The highest BCUT2D eigenvalue weighted by molar-refractivity contribution is 5.88. The Morgan fingerprint density at radius 2 is 2.08 bits per heavy atom. The van der Waals surface area contributed by atoms with E-state index < -0.39 is 5.60 Å².